The van der Waals surface area contributed by atoms with E-state index in [2.05, 4.69) is 49.5 Å². The van der Waals surface area contributed by atoms with Crippen LogP contribution in [0.25, 0.3) is 11.4 Å². The SMILES string of the molecule is NC(N)=Nc1nc(-c2cnc(NCCCCc3ccccc3)[nH]2)cs1. The van der Waals surface area contributed by atoms with Gasteiger partial charge in [0.15, 0.2) is 5.96 Å². The Balaban J connectivity index is 1.45. The van der Waals surface area contributed by atoms with Crippen LogP contribution in [0.15, 0.2) is 46.9 Å². The number of nitrogens with zero attached hydrogens (tertiary/aromatic N) is 3. The fourth-order valence-corrected chi connectivity index (χ4v) is 3.10. The highest BCUT2D eigenvalue weighted by Crippen LogP contribution is 2.26. The molecule has 7 nitrogen and oxygen atoms in total. The Bertz CT molecular complexity index is 818. The third-order valence-corrected chi connectivity index (χ3v) is 4.33. The van der Waals surface area contributed by atoms with Crippen molar-refractivity contribution in [1.82, 2.24) is 15.0 Å². The Morgan fingerprint density at radius 1 is 1.20 bits per heavy atom. The molecule has 2 heterocycles. The summed E-state index contributed by atoms with van der Waals surface area (Å²) in [5.41, 5.74) is 13.7. The van der Waals surface area contributed by atoms with Gasteiger partial charge in [-0.15, -0.1) is 11.3 Å². The number of nitrogens with two attached hydrogens (primary N) is 2. The van der Waals surface area contributed by atoms with Crippen molar-refractivity contribution in [3.05, 3.63) is 47.5 Å². The van der Waals surface area contributed by atoms with Crippen LogP contribution in [0.1, 0.15) is 18.4 Å². The van der Waals surface area contributed by atoms with Gasteiger partial charge in [0.05, 0.1) is 11.9 Å². The van der Waals surface area contributed by atoms with Gasteiger partial charge in [-0.1, -0.05) is 30.3 Å². The predicted octanol–water partition coefficient (Wildman–Crippen LogP) is 2.87. The fraction of sp³-hybridized carbons (Fsp3) is 0.235. The molecule has 0 unspecified atom stereocenters. The van der Waals surface area contributed by atoms with Gasteiger partial charge in [0.1, 0.15) is 5.69 Å². The number of rotatable bonds is 8. The number of H-pyrrole nitrogens is 1. The summed E-state index contributed by atoms with van der Waals surface area (Å²) in [6.45, 7) is 0.871. The van der Waals surface area contributed by atoms with Crippen LogP contribution in [0.4, 0.5) is 11.1 Å². The summed E-state index contributed by atoms with van der Waals surface area (Å²) in [5.74, 6) is 0.745. The number of nitrogens with one attached hydrogen (secondary N) is 2. The molecule has 0 saturated carbocycles. The van der Waals surface area contributed by atoms with Crippen molar-refractivity contribution in [1.29, 1.82) is 0 Å². The van der Waals surface area contributed by atoms with Gasteiger partial charge in [-0.05, 0) is 24.8 Å². The van der Waals surface area contributed by atoms with Crippen LogP contribution < -0.4 is 16.8 Å². The van der Waals surface area contributed by atoms with E-state index in [4.69, 9.17) is 11.5 Å². The minimum absolute atomic E-state index is 0.00312. The van der Waals surface area contributed by atoms with Crippen molar-refractivity contribution < 1.29 is 0 Å². The maximum Gasteiger partial charge on any atom is 0.212 e. The van der Waals surface area contributed by atoms with Crippen molar-refractivity contribution in [2.45, 2.75) is 19.3 Å². The standard InChI is InChI=1S/C17H21N7S/c18-15(19)24-17-23-14(11-25-17)13-10-21-16(22-13)20-9-5-4-8-12-6-2-1-3-7-12/h1-3,6-7,10-11H,4-5,8-9H2,(H2,20,21,22)(H4,18,19,23,24). The Hall–Kier alpha value is -2.87. The summed E-state index contributed by atoms with van der Waals surface area (Å²) in [6.07, 6.45) is 5.06. The second-order valence-corrected chi connectivity index (χ2v) is 6.40. The van der Waals surface area contributed by atoms with Gasteiger partial charge in [-0.2, -0.15) is 4.99 Å². The molecule has 8 heteroatoms. The van der Waals surface area contributed by atoms with Crippen molar-refractivity contribution in [3.63, 3.8) is 0 Å². The van der Waals surface area contributed by atoms with E-state index >= 15 is 0 Å². The lowest BCUT2D eigenvalue weighted by Gasteiger charge is -2.03. The quantitative estimate of drug-likeness (QED) is 0.281. The summed E-state index contributed by atoms with van der Waals surface area (Å²) >= 11 is 1.38. The molecule has 6 N–H and O–H groups in total. The molecule has 0 fully saturated rings. The molecule has 25 heavy (non-hydrogen) atoms. The number of aliphatic imine (C=N–C) groups is 1. The summed E-state index contributed by atoms with van der Waals surface area (Å²) in [7, 11) is 0. The molecular formula is C17H21N7S. The zero-order chi connectivity index (χ0) is 17.5. The summed E-state index contributed by atoms with van der Waals surface area (Å²) in [4.78, 5) is 15.8. The lowest BCUT2D eigenvalue weighted by Crippen LogP contribution is -2.21. The van der Waals surface area contributed by atoms with E-state index in [1.54, 1.807) is 6.20 Å². The third kappa shape index (κ3) is 5.05. The zero-order valence-corrected chi connectivity index (χ0v) is 14.6. The summed E-state index contributed by atoms with van der Waals surface area (Å²) in [6, 6.07) is 10.5. The molecular weight excluding hydrogens is 334 g/mol. The number of anilines is 1. The Morgan fingerprint density at radius 2 is 2.04 bits per heavy atom. The van der Waals surface area contributed by atoms with E-state index < -0.39 is 0 Å². The van der Waals surface area contributed by atoms with Crippen LogP contribution in [0.5, 0.6) is 0 Å². The summed E-state index contributed by atoms with van der Waals surface area (Å²) in [5, 5.41) is 5.72. The molecule has 0 aliphatic rings. The maximum absolute atomic E-state index is 5.36. The second-order valence-electron chi connectivity index (χ2n) is 5.57. The maximum atomic E-state index is 5.36. The Morgan fingerprint density at radius 3 is 2.84 bits per heavy atom. The fourth-order valence-electron chi connectivity index (χ4n) is 2.40. The normalized spacial score (nSPS) is 10.6. The molecule has 0 aliphatic carbocycles. The Labute approximate surface area is 150 Å². The van der Waals surface area contributed by atoms with Crippen molar-refractivity contribution >= 4 is 28.4 Å². The van der Waals surface area contributed by atoms with E-state index in [9.17, 15) is 0 Å². The highest BCUT2D eigenvalue weighted by Gasteiger charge is 2.07. The minimum Gasteiger partial charge on any atom is -0.370 e. The van der Waals surface area contributed by atoms with Gasteiger partial charge in [0, 0.05) is 11.9 Å². The average Bonchev–Trinajstić information content (AvgIpc) is 3.24. The molecule has 0 atom stereocenters. The lowest BCUT2D eigenvalue weighted by molar-refractivity contribution is 0.760. The number of unbranched alkanes of at least 4 members (excludes halogenated alkanes) is 1. The number of aromatic amines is 1. The number of hydrogen-bond acceptors (Lipinski definition) is 5. The van der Waals surface area contributed by atoms with Gasteiger partial charge in [-0.3, -0.25) is 0 Å². The monoisotopic (exact) mass is 355 g/mol. The first-order valence-electron chi connectivity index (χ1n) is 8.09. The number of aromatic nitrogens is 3. The van der Waals surface area contributed by atoms with Crippen molar-refractivity contribution in [2.24, 2.45) is 16.5 Å². The molecule has 3 aromatic rings. The van der Waals surface area contributed by atoms with Gasteiger partial charge in [-0.25, -0.2) is 9.97 Å². The minimum atomic E-state index is 0.00312. The summed E-state index contributed by atoms with van der Waals surface area (Å²) < 4.78 is 0. The van der Waals surface area contributed by atoms with Gasteiger partial charge in [0.2, 0.25) is 11.1 Å². The molecule has 0 aliphatic heterocycles. The molecule has 2 aromatic heterocycles. The van der Waals surface area contributed by atoms with Crippen LogP contribution in [0.2, 0.25) is 0 Å². The van der Waals surface area contributed by atoms with Gasteiger partial charge >= 0.3 is 0 Å². The molecule has 0 radical (unpaired) electrons. The average molecular weight is 355 g/mol. The first-order chi connectivity index (χ1) is 12.2. The molecule has 0 bridgehead atoms. The highest BCUT2D eigenvalue weighted by molar-refractivity contribution is 7.13. The van der Waals surface area contributed by atoms with Crippen LogP contribution >= 0.6 is 11.3 Å². The van der Waals surface area contributed by atoms with Crippen LogP contribution in [-0.2, 0) is 6.42 Å². The molecule has 3 rings (SSSR count). The van der Waals surface area contributed by atoms with E-state index in [0.717, 1.165) is 43.1 Å². The van der Waals surface area contributed by atoms with Crippen LogP contribution in [0.3, 0.4) is 0 Å². The molecule has 130 valence electrons. The smallest absolute Gasteiger partial charge is 0.212 e. The molecule has 0 amide bonds. The largest absolute Gasteiger partial charge is 0.370 e. The first-order valence-corrected chi connectivity index (χ1v) is 8.97. The highest BCUT2D eigenvalue weighted by atomic mass is 32.1. The molecule has 0 saturated heterocycles. The molecule has 1 aromatic carbocycles. The third-order valence-electron chi connectivity index (χ3n) is 3.60. The van der Waals surface area contributed by atoms with E-state index in [1.807, 2.05) is 11.4 Å². The van der Waals surface area contributed by atoms with E-state index in [1.165, 1.54) is 16.9 Å². The number of guanidine groups is 1. The van der Waals surface area contributed by atoms with E-state index in [0.29, 0.717) is 5.13 Å². The number of thiazole rings is 1. The van der Waals surface area contributed by atoms with Gasteiger partial charge < -0.3 is 21.8 Å². The first kappa shape index (κ1) is 17.0. The van der Waals surface area contributed by atoms with Crippen molar-refractivity contribution in [3.8, 4) is 11.4 Å². The second kappa shape index (κ2) is 8.29. The van der Waals surface area contributed by atoms with Crippen LogP contribution in [0, 0.1) is 0 Å². The lowest BCUT2D eigenvalue weighted by atomic mass is 10.1. The van der Waals surface area contributed by atoms with Crippen molar-refractivity contribution in [2.75, 3.05) is 11.9 Å². The topological polar surface area (TPSA) is 118 Å². The number of hydrogen-bond donors (Lipinski definition) is 4. The van der Waals surface area contributed by atoms with Gasteiger partial charge in [0.25, 0.3) is 0 Å². The Kier molecular flexibility index (Phi) is 5.63. The zero-order valence-electron chi connectivity index (χ0n) is 13.8. The predicted molar refractivity (Wildman–Crippen MR) is 103 cm³/mol. The number of benzene rings is 1. The molecule has 0 spiro atoms. The number of aryl methyl sites for hydroxylation is 1. The van der Waals surface area contributed by atoms with Crippen LogP contribution in [-0.4, -0.2) is 27.5 Å². The van der Waals surface area contributed by atoms with E-state index in [-0.39, 0.29) is 5.96 Å². The number of imidazole rings is 1.